The third kappa shape index (κ3) is 4.83. The van der Waals surface area contributed by atoms with Gasteiger partial charge in [-0.05, 0) is 38.2 Å². The average molecular weight is 302 g/mol. The first-order chi connectivity index (χ1) is 9.43. The summed E-state index contributed by atoms with van der Waals surface area (Å²) >= 11 is 0. The van der Waals surface area contributed by atoms with E-state index in [9.17, 15) is 9.36 Å². The van der Waals surface area contributed by atoms with Crippen molar-refractivity contribution in [3.8, 4) is 0 Å². The first-order valence-electron chi connectivity index (χ1n) is 7.55. The molecule has 1 atom stereocenters. The van der Waals surface area contributed by atoms with Crippen LogP contribution in [0, 0.1) is 11.8 Å². The van der Waals surface area contributed by atoms with Gasteiger partial charge < -0.3 is 9.05 Å². The molecule has 1 aliphatic carbocycles. The van der Waals surface area contributed by atoms with Crippen LogP contribution in [0.2, 0.25) is 0 Å². The van der Waals surface area contributed by atoms with Crippen molar-refractivity contribution in [1.29, 1.82) is 0 Å². The van der Waals surface area contributed by atoms with Crippen LogP contribution in [0.5, 0.6) is 0 Å². The van der Waals surface area contributed by atoms with Crippen LogP contribution in [0.3, 0.4) is 0 Å². The molecule has 1 unspecified atom stereocenters. The molecular weight excluding hydrogens is 275 g/mol. The molecule has 0 N–H and O–H groups in total. The molecule has 0 amide bonds. The second-order valence-corrected chi connectivity index (χ2v) is 7.56. The molecule has 1 rings (SSSR count). The molecule has 20 heavy (non-hydrogen) atoms. The second-order valence-electron chi connectivity index (χ2n) is 5.45. The summed E-state index contributed by atoms with van der Waals surface area (Å²) in [5.74, 6) is 0.374. The highest BCUT2D eigenvalue weighted by atomic mass is 31.2. The minimum atomic E-state index is -3.12. The Hall–Kier alpha value is -0.440. The third-order valence-electron chi connectivity index (χ3n) is 3.57. The summed E-state index contributed by atoms with van der Waals surface area (Å²) in [6.45, 7) is 8.43. The zero-order chi connectivity index (χ0) is 15.2. The van der Waals surface area contributed by atoms with Gasteiger partial charge in [0, 0.05) is 12.3 Å². The molecule has 0 aliphatic heterocycles. The topological polar surface area (TPSA) is 52.6 Å². The van der Waals surface area contributed by atoms with Gasteiger partial charge in [-0.25, -0.2) is 0 Å². The largest absolute Gasteiger partial charge is 0.331 e. The maximum Gasteiger partial charge on any atom is 0.331 e. The lowest BCUT2D eigenvalue weighted by Gasteiger charge is -2.28. The monoisotopic (exact) mass is 302 g/mol. The Kier molecular flexibility index (Phi) is 7.14. The van der Waals surface area contributed by atoms with Gasteiger partial charge in [-0.15, -0.1) is 0 Å². The molecule has 0 heterocycles. The van der Waals surface area contributed by atoms with E-state index >= 15 is 0 Å². The van der Waals surface area contributed by atoms with Crippen LogP contribution in [0.25, 0.3) is 0 Å². The smallest absolute Gasteiger partial charge is 0.309 e. The summed E-state index contributed by atoms with van der Waals surface area (Å²) in [7, 11) is -3.12. The highest BCUT2D eigenvalue weighted by Crippen LogP contribution is 2.52. The van der Waals surface area contributed by atoms with Gasteiger partial charge >= 0.3 is 7.60 Å². The molecule has 0 fully saturated rings. The third-order valence-corrected chi connectivity index (χ3v) is 5.71. The Morgan fingerprint density at radius 2 is 1.85 bits per heavy atom. The minimum Gasteiger partial charge on any atom is -0.309 e. The zero-order valence-corrected chi connectivity index (χ0v) is 13.9. The van der Waals surface area contributed by atoms with Crippen molar-refractivity contribution in [2.75, 3.05) is 19.4 Å². The molecule has 0 saturated carbocycles. The number of rotatable bonds is 8. The Bertz CT molecular complexity index is 391. The molecule has 0 spiro atoms. The van der Waals surface area contributed by atoms with Crippen LogP contribution < -0.4 is 0 Å². The Labute approximate surface area is 122 Å². The molecule has 0 bridgehead atoms. The summed E-state index contributed by atoms with van der Waals surface area (Å²) in [4.78, 5) is 12.1. The number of allylic oxidation sites excluding steroid dienone is 2. The fourth-order valence-electron chi connectivity index (χ4n) is 2.58. The number of carbonyl (C=O) groups is 1. The van der Waals surface area contributed by atoms with Crippen molar-refractivity contribution >= 4 is 13.4 Å². The lowest BCUT2D eigenvalue weighted by atomic mass is 9.83. The van der Waals surface area contributed by atoms with Crippen LogP contribution in [0.15, 0.2) is 11.6 Å². The van der Waals surface area contributed by atoms with Gasteiger partial charge in [0.25, 0.3) is 0 Å². The van der Waals surface area contributed by atoms with Gasteiger partial charge in [0.05, 0.1) is 19.4 Å². The lowest BCUT2D eigenvalue weighted by molar-refractivity contribution is -0.116. The Morgan fingerprint density at radius 3 is 2.30 bits per heavy atom. The second kappa shape index (κ2) is 8.11. The van der Waals surface area contributed by atoms with Gasteiger partial charge in [0.1, 0.15) is 0 Å². The quantitative estimate of drug-likeness (QED) is 0.630. The SMILES string of the molecule is CCOP(=O)(CC(C1=CCCCC1=O)C(C)C)OCC. The highest BCUT2D eigenvalue weighted by Gasteiger charge is 2.34. The summed E-state index contributed by atoms with van der Waals surface area (Å²) in [5.41, 5.74) is 0.825. The number of hydrogen-bond donors (Lipinski definition) is 0. The first kappa shape index (κ1) is 17.6. The van der Waals surface area contributed by atoms with Crippen LogP contribution in [-0.2, 0) is 18.4 Å². The van der Waals surface area contributed by atoms with Crippen LogP contribution in [0.4, 0.5) is 0 Å². The molecule has 4 nitrogen and oxygen atoms in total. The Balaban J connectivity index is 2.93. The van der Waals surface area contributed by atoms with E-state index < -0.39 is 7.60 Å². The highest BCUT2D eigenvalue weighted by molar-refractivity contribution is 7.53. The number of hydrogen-bond acceptors (Lipinski definition) is 4. The zero-order valence-electron chi connectivity index (χ0n) is 13.1. The minimum absolute atomic E-state index is 0.0493. The fourth-order valence-corrected chi connectivity index (χ4v) is 4.75. The fraction of sp³-hybridized carbons (Fsp3) is 0.800. The van der Waals surface area contributed by atoms with E-state index in [1.807, 2.05) is 6.08 Å². The molecular formula is C15H27O4P. The molecule has 1 aliphatic rings. The van der Waals surface area contributed by atoms with Gasteiger partial charge in [0.15, 0.2) is 5.78 Å². The number of ketones is 1. The molecule has 0 aromatic heterocycles. The molecule has 0 aromatic rings. The van der Waals surface area contributed by atoms with Gasteiger partial charge in [-0.1, -0.05) is 19.9 Å². The summed E-state index contributed by atoms with van der Waals surface area (Å²) in [6, 6.07) is 0. The molecule has 116 valence electrons. The average Bonchev–Trinajstić information content (AvgIpc) is 2.37. The maximum atomic E-state index is 12.7. The molecule has 0 saturated heterocycles. The molecule has 5 heteroatoms. The van der Waals surface area contributed by atoms with Crippen molar-refractivity contribution in [2.45, 2.75) is 47.0 Å². The summed E-state index contributed by atoms with van der Waals surface area (Å²) < 4.78 is 23.4. The van der Waals surface area contributed by atoms with Crippen LogP contribution in [-0.4, -0.2) is 25.2 Å². The van der Waals surface area contributed by atoms with Crippen molar-refractivity contribution in [3.05, 3.63) is 11.6 Å². The number of Topliss-reactive ketones (excluding diaryl/α,β-unsaturated/α-hetero) is 1. The predicted octanol–water partition coefficient (Wildman–Crippen LogP) is 4.20. The van der Waals surface area contributed by atoms with E-state index in [2.05, 4.69) is 13.8 Å². The van der Waals surface area contributed by atoms with Crippen LogP contribution >= 0.6 is 7.60 Å². The molecule has 0 aromatic carbocycles. The lowest BCUT2D eigenvalue weighted by Crippen LogP contribution is -2.24. The van der Waals surface area contributed by atoms with E-state index in [0.717, 1.165) is 18.4 Å². The Morgan fingerprint density at radius 1 is 1.25 bits per heavy atom. The van der Waals surface area contributed by atoms with E-state index in [0.29, 0.717) is 25.8 Å². The van der Waals surface area contributed by atoms with E-state index in [1.165, 1.54) is 0 Å². The van der Waals surface area contributed by atoms with E-state index in [4.69, 9.17) is 9.05 Å². The van der Waals surface area contributed by atoms with Crippen molar-refractivity contribution in [3.63, 3.8) is 0 Å². The first-order valence-corrected chi connectivity index (χ1v) is 9.27. The van der Waals surface area contributed by atoms with Crippen molar-refractivity contribution in [2.24, 2.45) is 11.8 Å². The van der Waals surface area contributed by atoms with Gasteiger partial charge in [-0.2, -0.15) is 0 Å². The van der Waals surface area contributed by atoms with E-state index in [1.54, 1.807) is 13.8 Å². The van der Waals surface area contributed by atoms with Crippen LogP contribution in [0.1, 0.15) is 47.0 Å². The predicted molar refractivity (Wildman–Crippen MR) is 81.0 cm³/mol. The number of carbonyl (C=O) groups excluding carboxylic acids is 1. The standard InChI is InChI=1S/C15H27O4P/c1-5-18-20(17,19-6-2)11-14(12(3)4)13-9-7-8-10-15(13)16/h9,12,14H,5-8,10-11H2,1-4H3. The summed E-state index contributed by atoms with van der Waals surface area (Å²) in [6.07, 6.45) is 4.75. The van der Waals surface area contributed by atoms with Crippen molar-refractivity contribution < 1.29 is 18.4 Å². The molecule has 0 radical (unpaired) electrons. The van der Waals surface area contributed by atoms with Gasteiger partial charge in [0.2, 0.25) is 0 Å². The normalized spacial score (nSPS) is 18.2. The van der Waals surface area contributed by atoms with Crippen molar-refractivity contribution in [1.82, 2.24) is 0 Å². The maximum absolute atomic E-state index is 12.7. The summed E-state index contributed by atoms with van der Waals surface area (Å²) in [5, 5.41) is 0. The van der Waals surface area contributed by atoms with Gasteiger partial charge in [-0.3, -0.25) is 9.36 Å². The van der Waals surface area contributed by atoms with E-state index in [-0.39, 0.29) is 17.6 Å².